The number of nitrogens with zero attached hydrogens (tertiary/aromatic N) is 4. The molecule has 2 heterocycles. The molecule has 0 bridgehead atoms. The fourth-order valence-electron chi connectivity index (χ4n) is 2.16. The van der Waals surface area contributed by atoms with Crippen molar-refractivity contribution in [1.29, 1.82) is 0 Å². The third-order valence-electron chi connectivity index (χ3n) is 3.40. The maximum absolute atomic E-state index is 12.0. The lowest BCUT2D eigenvalue weighted by Crippen LogP contribution is -2.29. The van der Waals surface area contributed by atoms with Gasteiger partial charge in [-0.05, 0) is 41.1 Å². The van der Waals surface area contributed by atoms with Gasteiger partial charge in [-0.2, -0.15) is 0 Å². The van der Waals surface area contributed by atoms with Gasteiger partial charge in [0.15, 0.2) is 5.82 Å². The highest BCUT2D eigenvalue weighted by atomic mass is 32.1. The number of aromatic nitrogens is 4. The van der Waals surface area contributed by atoms with Crippen molar-refractivity contribution >= 4 is 24.6 Å². The number of rotatable bonds is 11. The Balaban J connectivity index is 1.75. The molecule has 0 saturated carbocycles. The van der Waals surface area contributed by atoms with Crippen LogP contribution < -0.4 is 11.1 Å². The van der Waals surface area contributed by atoms with E-state index in [1.165, 1.54) is 4.68 Å². The molecule has 0 aromatic carbocycles. The van der Waals surface area contributed by atoms with E-state index in [4.69, 9.17) is 15.8 Å². The van der Waals surface area contributed by atoms with Crippen molar-refractivity contribution < 1.29 is 19.5 Å². The Bertz CT molecular complexity index is 638. The lowest BCUT2D eigenvalue weighted by molar-refractivity contribution is -0.122. The summed E-state index contributed by atoms with van der Waals surface area (Å²) in [6.07, 6.45) is 1.90. The minimum atomic E-state index is -1.76. The molecule has 25 heavy (non-hydrogen) atoms. The van der Waals surface area contributed by atoms with Crippen LogP contribution in [0.3, 0.4) is 0 Å². The Labute approximate surface area is 149 Å². The van der Waals surface area contributed by atoms with E-state index < -0.39 is 13.4 Å². The predicted octanol–water partition coefficient (Wildman–Crippen LogP) is -0.793. The number of carbonyl (C=O) groups excluding carboxylic acids is 1. The van der Waals surface area contributed by atoms with Crippen molar-refractivity contribution in [3.05, 3.63) is 28.2 Å². The van der Waals surface area contributed by atoms with Gasteiger partial charge in [0.2, 0.25) is 5.91 Å². The van der Waals surface area contributed by atoms with E-state index in [-0.39, 0.29) is 19.1 Å². The average molecular weight is 368 g/mol. The average Bonchev–Trinajstić information content (AvgIpc) is 3.23. The van der Waals surface area contributed by atoms with Crippen LogP contribution >= 0.6 is 11.3 Å². The highest BCUT2D eigenvalue weighted by Crippen LogP contribution is 2.14. The largest absolute Gasteiger partial charge is 0.633 e. The van der Waals surface area contributed by atoms with Crippen molar-refractivity contribution in [2.24, 2.45) is 5.73 Å². The first kappa shape index (κ1) is 19.5. The first-order valence-corrected chi connectivity index (χ1v) is 8.72. The maximum atomic E-state index is 12.0. The van der Waals surface area contributed by atoms with Gasteiger partial charge in [0, 0.05) is 11.5 Å². The molecule has 1 atom stereocenters. The predicted molar refractivity (Wildman–Crippen MR) is 90.9 cm³/mol. The molecule has 0 radical (unpaired) electrons. The second-order valence-corrected chi connectivity index (χ2v) is 6.38. The highest BCUT2D eigenvalue weighted by Gasteiger charge is 2.17. The summed E-state index contributed by atoms with van der Waals surface area (Å²) in [6.45, 7) is 0.693. The van der Waals surface area contributed by atoms with Crippen LogP contribution in [0, 0.1) is 0 Å². The molecule has 1 amide bonds. The molecular formula is C13H21BN6O4S. The molecule has 0 saturated heterocycles. The number of nitrogens with one attached hydrogen (secondary N) is 1. The summed E-state index contributed by atoms with van der Waals surface area (Å²) in [6, 6.07) is 3.46. The Morgan fingerprint density at radius 1 is 1.48 bits per heavy atom. The second-order valence-electron chi connectivity index (χ2n) is 5.35. The quantitative estimate of drug-likeness (QED) is 0.298. The summed E-state index contributed by atoms with van der Waals surface area (Å²) in [4.78, 5) is 13.1. The van der Waals surface area contributed by atoms with Gasteiger partial charge in [0.05, 0.1) is 12.6 Å². The molecule has 5 N–H and O–H groups in total. The Morgan fingerprint density at radius 3 is 3.04 bits per heavy atom. The van der Waals surface area contributed by atoms with E-state index in [1.807, 2.05) is 17.5 Å². The molecule has 0 aliphatic heterocycles. The number of carbonyl (C=O) groups is 1. The van der Waals surface area contributed by atoms with Gasteiger partial charge < -0.3 is 25.8 Å². The SMILES string of the molecule is NC(CCCCOB(O)O)c1nnnn1CC(=O)NCc1cccs1. The van der Waals surface area contributed by atoms with E-state index in [0.29, 0.717) is 31.6 Å². The smallest absolute Gasteiger partial charge is 0.402 e. The molecule has 136 valence electrons. The number of unbranched alkanes of at least 4 members (excludes halogenated alkanes) is 1. The van der Waals surface area contributed by atoms with Gasteiger partial charge in [0.25, 0.3) is 0 Å². The zero-order valence-corrected chi connectivity index (χ0v) is 14.4. The fraction of sp³-hybridized carbons (Fsp3) is 0.538. The van der Waals surface area contributed by atoms with Crippen LogP contribution in [0.15, 0.2) is 17.5 Å². The molecule has 12 heteroatoms. The van der Waals surface area contributed by atoms with Gasteiger partial charge in [-0.25, -0.2) is 4.68 Å². The van der Waals surface area contributed by atoms with Crippen molar-refractivity contribution in [1.82, 2.24) is 25.5 Å². The fourth-order valence-corrected chi connectivity index (χ4v) is 2.81. The first-order valence-electron chi connectivity index (χ1n) is 7.84. The number of thiophene rings is 1. The standard InChI is InChI=1S/C13H21BN6O4S/c15-11(5-1-2-6-24-14(22)23)13-17-18-19-20(13)9-12(21)16-8-10-4-3-7-25-10/h3-4,7,11,22-23H,1-2,5-6,8-9,15H2,(H,16,21). The maximum Gasteiger partial charge on any atom is 0.633 e. The minimum Gasteiger partial charge on any atom is -0.402 e. The normalized spacial score (nSPS) is 12.1. The van der Waals surface area contributed by atoms with Crippen LogP contribution in [-0.2, 0) is 22.5 Å². The highest BCUT2D eigenvalue weighted by molar-refractivity contribution is 7.09. The summed E-state index contributed by atoms with van der Waals surface area (Å²) in [5, 5.41) is 33.2. The Hall–Kier alpha value is -1.86. The Morgan fingerprint density at radius 2 is 2.32 bits per heavy atom. The van der Waals surface area contributed by atoms with E-state index in [1.54, 1.807) is 11.3 Å². The van der Waals surface area contributed by atoms with Gasteiger partial charge in [-0.15, -0.1) is 16.4 Å². The van der Waals surface area contributed by atoms with Crippen molar-refractivity contribution in [3.8, 4) is 0 Å². The van der Waals surface area contributed by atoms with Crippen LogP contribution in [0.4, 0.5) is 0 Å². The number of hydrogen-bond acceptors (Lipinski definition) is 9. The van der Waals surface area contributed by atoms with Crippen LogP contribution in [0.1, 0.15) is 36.0 Å². The molecule has 2 rings (SSSR count). The monoisotopic (exact) mass is 368 g/mol. The molecule has 0 aliphatic carbocycles. The van der Waals surface area contributed by atoms with E-state index in [0.717, 1.165) is 4.88 Å². The molecular weight excluding hydrogens is 347 g/mol. The zero-order chi connectivity index (χ0) is 18.1. The van der Waals surface area contributed by atoms with E-state index >= 15 is 0 Å². The van der Waals surface area contributed by atoms with Gasteiger partial charge in [-0.3, -0.25) is 4.79 Å². The number of amides is 1. The summed E-state index contributed by atoms with van der Waals surface area (Å²) in [5.74, 6) is 0.244. The van der Waals surface area contributed by atoms with Crippen molar-refractivity contribution in [2.45, 2.75) is 38.4 Å². The number of nitrogens with two attached hydrogens (primary N) is 1. The van der Waals surface area contributed by atoms with Gasteiger partial charge in [0.1, 0.15) is 6.54 Å². The summed E-state index contributed by atoms with van der Waals surface area (Å²) < 4.78 is 6.01. The van der Waals surface area contributed by atoms with Gasteiger partial charge in [-0.1, -0.05) is 6.07 Å². The third-order valence-corrected chi connectivity index (χ3v) is 4.28. The molecule has 2 aromatic heterocycles. The summed E-state index contributed by atoms with van der Waals surface area (Å²) in [5.41, 5.74) is 6.08. The lowest BCUT2D eigenvalue weighted by Gasteiger charge is -2.11. The summed E-state index contributed by atoms with van der Waals surface area (Å²) in [7, 11) is -1.76. The third kappa shape index (κ3) is 6.88. The zero-order valence-electron chi connectivity index (χ0n) is 13.6. The van der Waals surface area contributed by atoms with Crippen LogP contribution in [-0.4, -0.2) is 50.1 Å². The molecule has 0 fully saturated rings. The number of hydrogen-bond donors (Lipinski definition) is 4. The topological polar surface area (TPSA) is 148 Å². The van der Waals surface area contributed by atoms with Crippen LogP contribution in [0.2, 0.25) is 0 Å². The Kier molecular flexibility index (Phi) is 7.95. The molecule has 0 aliphatic rings. The summed E-state index contributed by atoms with van der Waals surface area (Å²) >= 11 is 1.57. The molecule has 10 nitrogen and oxygen atoms in total. The van der Waals surface area contributed by atoms with Gasteiger partial charge >= 0.3 is 7.32 Å². The number of tetrazole rings is 1. The second kappa shape index (κ2) is 10.2. The van der Waals surface area contributed by atoms with Crippen LogP contribution in [0.25, 0.3) is 0 Å². The van der Waals surface area contributed by atoms with E-state index in [2.05, 4.69) is 25.5 Å². The van der Waals surface area contributed by atoms with Crippen molar-refractivity contribution in [3.63, 3.8) is 0 Å². The van der Waals surface area contributed by atoms with Crippen molar-refractivity contribution in [2.75, 3.05) is 6.61 Å². The van der Waals surface area contributed by atoms with E-state index in [9.17, 15) is 4.79 Å². The van der Waals surface area contributed by atoms with Crippen LogP contribution in [0.5, 0.6) is 0 Å². The molecule has 0 spiro atoms. The molecule has 2 aromatic rings. The minimum absolute atomic E-state index is 0.00121. The lowest BCUT2D eigenvalue weighted by atomic mass is 10.1. The first-order chi connectivity index (χ1) is 12.1. The molecule has 1 unspecified atom stereocenters.